The second-order valence-corrected chi connectivity index (χ2v) is 6.28. The van der Waals surface area contributed by atoms with Crippen molar-refractivity contribution in [2.24, 2.45) is 0 Å². The molecule has 0 N–H and O–H groups in total. The van der Waals surface area contributed by atoms with Crippen molar-refractivity contribution in [2.45, 2.75) is 33.6 Å². The molecule has 0 saturated carbocycles. The molecule has 2 heterocycles. The largest absolute Gasteiger partial charge is 0.427 e. The summed E-state index contributed by atoms with van der Waals surface area (Å²) in [6.07, 6.45) is -0.930. The third-order valence-electron chi connectivity index (χ3n) is 2.78. The Morgan fingerprint density at radius 2 is 1.95 bits per heavy atom. The minimum Gasteiger partial charge on any atom is -0.404 e. The summed E-state index contributed by atoms with van der Waals surface area (Å²) < 4.78 is 19.0. The third kappa shape index (κ3) is 2.23. The highest BCUT2D eigenvalue weighted by Crippen LogP contribution is 2.44. The van der Waals surface area contributed by atoms with Crippen LogP contribution in [0.25, 0.3) is 0 Å². The first-order chi connectivity index (χ1) is 9.25. The number of carbonyl (C=O) groups excluding carboxylic acids is 2. The van der Waals surface area contributed by atoms with Crippen LogP contribution in [0.1, 0.15) is 38.5 Å². The van der Waals surface area contributed by atoms with Gasteiger partial charge in [-0.2, -0.15) is 4.39 Å². The van der Waals surface area contributed by atoms with E-state index in [1.54, 1.807) is 13.8 Å². The Labute approximate surface area is 124 Å². The van der Waals surface area contributed by atoms with Gasteiger partial charge in [0.1, 0.15) is 5.69 Å². The number of anilines is 1. The van der Waals surface area contributed by atoms with Crippen molar-refractivity contribution in [3.8, 4) is 0 Å². The van der Waals surface area contributed by atoms with Gasteiger partial charge in [0.25, 0.3) is 0 Å². The van der Waals surface area contributed by atoms with Gasteiger partial charge < -0.3 is 4.74 Å². The van der Waals surface area contributed by atoms with Gasteiger partial charge in [-0.25, -0.2) is 9.69 Å². The molecule has 1 aliphatic rings. The number of hydrogen-bond acceptors (Lipinski definition) is 4. The fourth-order valence-corrected chi connectivity index (χ4v) is 3.28. The average molecular weight is 318 g/mol. The molecular formula is C13H13ClFNO3S. The minimum atomic E-state index is -0.930. The predicted octanol–water partition coefficient (Wildman–Crippen LogP) is 4.44. The summed E-state index contributed by atoms with van der Waals surface area (Å²) in [5, 5.41) is -0.582. The van der Waals surface area contributed by atoms with Crippen molar-refractivity contribution < 1.29 is 18.7 Å². The van der Waals surface area contributed by atoms with E-state index in [9.17, 15) is 14.0 Å². The van der Waals surface area contributed by atoms with Crippen LogP contribution >= 0.6 is 22.9 Å². The molecule has 108 valence electrons. The van der Waals surface area contributed by atoms with Crippen molar-refractivity contribution in [3.63, 3.8) is 0 Å². The minimum absolute atomic E-state index is 0.00704. The topological polar surface area (TPSA) is 46.6 Å². The van der Waals surface area contributed by atoms with E-state index in [-0.39, 0.29) is 22.4 Å². The zero-order valence-electron chi connectivity index (χ0n) is 11.4. The molecule has 7 heteroatoms. The molecule has 2 amide bonds. The molecule has 1 aliphatic heterocycles. The second kappa shape index (κ2) is 5.18. The number of amides is 2. The van der Waals surface area contributed by atoms with Gasteiger partial charge >= 0.3 is 12.0 Å². The van der Waals surface area contributed by atoms with Gasteiger partial charge in [-0.3, -0.25) is 4.79 Å². The number of cyclic esters (lactones) is 1. The number of imide groups is 1. The van der Waals surface area contributed by atoms with Crippen molar-refractivity contribution in [3.05, 3.63) is 26.4 Å². The maximum Gasteiger partial charge on any atom is 0.427 e. The van der Waals surface area contributed by atoms with Crippen LogP contribution in [-0.4, -0.2) is 12.0 Å². The van der Waals surface area contributed by atoms with Gasteiger partial charge in [0, 0.05) is 4.88 Å². The molecule has 20 heavy (non-hydrogen) atoms. The number of thiophene rings is 1. The molecule has 1 aromatic rings. The summed E-state index contributed by atoms with van der Waals surface area (Å²) in [4.78, 5) is 25.2. The summed E-state index contributed by atoms with van der Waals surface area (Å²) >= 11 is 6.95. The highest BCUT2D eigenvalue weighted by Gasteiger charge is 2.42. The lowest BCUT2D eigenvalue weighted by molar-refractivity contribution is -0.114. The molecule has 0 radical (unpaired) electrons. The van der Waals surface area contributed by atoms with E-state index < -0.39 is 17.1 Å². The fourth-order valence-electron chi connectivity index (χ4n) is 1.82. The molecule has 1 saturated heterocycles. The smallest absolute Gasteiger partial charge is 0.404 e. The van der Waals surface area contributed by atoms with Crippen molar-refractivity contribution >= 4 is 40.6 Å². The summed E-state index contributed by atoms with van der Waals surface area (Å²) in [5.41, 5.74) is 0.327. The maximum atomic E-state index is 14.1. The van der Waals surface area contributed by atoms with E-state index in [0.29, 0.717) is 15.4 Å². The van der Waals surface area contributed by atoms with Crippen LogP contribution in [-0.2, 0) is 9.53 Å². The van der Waals surface area contributed by atoms with E-state index >= 15 is 0 Å². The fraction of sp³-hybridized carbons (Fsp3) is 0.385. The Morgan fingerprint density at radius 1 is 1.35 bits per heavy atom. The lowest BCUT2D eigenvalue weighted by Crippen LogP contribution is -2.29. The lowest BCUT2D eigenvalue weighted by atomic mass is 10.2. The number of hydrogen-bond donors (Lipinski definition) is 0. The molecule has 1 aromatic heterocycles. The van der Waals surface area contributed by atoms with Crippen LogP contribution in [0.3, 0.4) is 0 Å². The summed E-state index contributed by atoms with van der Waals surface area (Å²) in [5.74, 6) is -0.779. The van der Waals surface area contributed by atoms with E-state index in [1.165, 1.54) is 0 Å². The number of ether oxygens (including phenoxy) is 1. The molecule has 0 spiro atoms. The van der Waals surface area contributed by atoms with Crippen molar-refractivity contribution in [2.75, 3.05) is 4.90 Å². The summed E-state index contributed by atoms with van der Waals surface area (Å²) in [7, 11) is 0. The number of halogens is 2. The van der Waals surface area contributed by atoms with E-state index in [4.69, 9.17) is 16.3 Å². The third-order valence-corrected chi connectivity index (χ3v) is 4.54. The molecular weight excluding hydrogens is 305 g/mol. The average Bonchev–Trinajstić information content (AvgIpc) is 2.78. The first kappa shape index (κ1) is 15.0. The zero-order chi connectivity index (χ0) is 15.2. The molecule has 4 nitrogen and oxygen atoms in total. The van der Waals surface area contributed by atoms with Crippen LogP contribution in [0, 0.1) is 5.13 Å². The van der Waals surface area contributed by atoms with Gasteiger partial charge in [0.15, 0.2) is 5.76 Å². The van der Waals surface area contributed by atoms with Gasteiger partial charge in [-0.1, -0.05) is 25.4 Å². The van der Waals surface area contributed by atoms with Gasteiger partial charge in [0.2, 0.25) is 5.13 Å². The maximum absolute atomic E-state index is 14.1. The Balaban J connectivity index is 2.56. The van der Waals surface area contributed by atoms with E-state index in [0.717, 1.165) is 11.3 Å². The highest BCUT2D eigenvalue weighted by atomic mass is 35.5. The van der Waals surface area contributed by atoms with E-state index in [2.05, 4.69) is 0 Å². The van der Waals surface area contributed by atoms with Crippen LogP contribution in [0.15, 0.2) is 11.3 Å². The van der Waals surface area contributed by atoms with E-state index in [1.807, 2.05) is 13.8 Å². The number of nitrogens with zero attached hydrogens (tertiary/aromatic N) is 1. The molecule has 0 atom stereocenters. The number of carbonyl (C=O) groups is 2. The van der Waals surface area contributed by atoms with Gasteiger partial charge in [-0.15, -0.1) is 11.3 Å². The quantitative estimate of drug-likeness (QED) is 0.757. The normalized spacial score (nSPS) is 15.3. The van der Waals surface area contributed by atoms with Crippen LogP contribution in [0.2, 0.25) is 5.02 Å². The Kier molecular flexibility index (Phi) is 3.88. The second-order valence-electron chi connectivity index (χ2n) is 4.89. The Bertz CT molecular complexity index is 632. The van der Waals surface area contributed by atoms with Crippen LogP contribution < -0.4 is 4.90 Å². The van der Waals surface area contributed by atoms with Crippen LogP contribution in [0.5, 0.6) is 0 Å². The Hall–Kier alpha value is -1.40. The molecule has 0 aromatic carbocycles. The number of rotatable bonds is 2. The first-order valence-electron chi connectivity index (χ1n) is 5.97. The summed E-state index contributed by atoms with van der Waals surface area (Å²) in [6, 6.07) is 0. The SMILES string of the molecule is CC(C)=C1OC(=O)N(c2c(F)sc(C(C)C)c2Cl)C1=O. The molecule has 0 bridgehead atoms. The van der Waals surface area contributed by atoms with Gasteiger partial charge in [0.05, 0.1) is 5.02 Å². The summed E-state index contributed by atoms with van der Waals surface area (Å²) in [6.45, 7) is 6.98. The molecule has 2 rings (SSSR count). The first-order valence-corrected chi connectivity index (χ1v) is 7.16. The lowest BCUT2D eigenvalue weighted by Gasteiger charge is -2.09. The zero-order valence-corrected chi connectivity index (χ0v) is 13.0. The number of allylic oxidation sites excluding steroid dienone is 1. The molecule has 1 fully saturated rings. The van der Waals surface area contributed by atoms with Crippen molar-refractivity contribution in [1.29, 1.82) is 0 Å². The molecule has 0 aliphatic carbocycles. The van der Waals surface area contributed by atoms with Crippen LogP contribution in [0.4, 0.5) is 14.9 Å². The molecule has 0 unspecified atom stereocenters. The monoisotopic (exact) mass is 317 g/mol. The highest BCUT2D eigenvalue weighted by molar-refractivity contribution is 7.11. The Morgan fingerprint density at radius 3 is 2.35 bits per heavy atom. The van der Waals surface area contributed by atoms with Crippen molar-refractivity contribution in [1.82, 2.24) is 0 Å². The standard InChI is InChI=1S/C13H13ClFNO3S/c1-5(2)9-12(17)16(13(18)19-9)8-7(14)10(6(3)4)20-11(8)15/h6H,1-4H3. The van der Waals surface area contributed by atoms with Gasteiger partial charge in [-0.05, 0) is 25.3 Å². The predicted molar refractivity (Wildman–Crippen MR) is 75.7 cm³/mol.